The second kappa shape index (κ2) is 5.26. The van der Waals surface area contributed by atoms with Gasteiger partial charge in [-0.25, -0.2) is 0 Å². The van der Waals surface area contributed by atoms with Crippen molar-refractivity contribution in [1.29, 1.82) is 0 Å². The Morgan fingerprint density at radius 2 is 2.06 bits per heavy atom. The molecule has 0 saturated heterocycles. The number of furan rings is 1. The molecule has 0 spiro atoms. The summed E-state index contributed by atoms with van der Waals surface area (Å²) in [5.74, 6) is 1.78. The fourth-order valence-corrected chi connectivity index (χ4v) is 1.49. The van der Waals surface area contributed by atoms with Crippen molar-refractivity contribution in [3.05, 3.63) is 48.4 Å². The molecule has 0 aliphatic carbocycles. The van der Waals surface area contributed by atoms with E-state index in [0.29, 0.717) is 13.2 Å². The average molecular weight is 217 g/mol. The van der Waals surface area contributed by atoms with Crippen LogP contribution in [-0.2, 0) is 6.54 Å². The number of hydrogen-bond donors (Lipinski definition) is 1. The lowest BCUT2D eigenvalue weighted by Gasteiger charge is -2.10. The molecule has 1 heterocycles. The molecule has 84 valence electrons. The molecular weight excluding hydrogens is 202 g/mol. The van der Waals surface area contributed by atoms with E-state index in [2.05, 4.69) is 5.32 Å². The van der Waals surface area contributed by atoms with Crippen LogP contribution in [0.4, 0.5) is 5.69 Å². The highest BCUT2D eigenvalue weighted by atomic mass is 16.5. The Morgan fingerprint density at radius 1 is 1.19 bits per heavy atom. The topological polar surface area (TPSA) is 34.4 Å². The number of rotatable bonds is 5. The van der Waals surface area contributed by atoms with Crippen LogP contribution in [0.25, 0.3) is 0 Å². The molecule has 0 atom stereocenters. The molecule has 0 saturated carbocycles. The van der Waals surface area contributed by atoms with E-state index < -0.39 is 0 Å². The summed E-state index contributed by atoms with van der Waals surface area (Å²) in [4.78, 5) is 0. The first kappa shape index (κ1) is 10.6. The third-order valence-corrected chi connectivity index (χ3v) is 2.22. The maximum atomic E-state index is 5.51. The normalized spacial score (nSPS) is 10.1. The third-order valence-electron chi connectivity index (χ3n) is 2.22. The van der Waals surface area contributed by atoms with Gasteiger partial charge in [0.05, 0.1) is 25.1 Å². The van der Waals surface area contributed by atoms with Gasteiger partial charge in [0.2, 0.25) is 0 Å². The fourth-order valence-electron chi connectivity index (χ4n) is 1.49. The van der Waals surface area contributed by atoms with Crippen LogP contribution in [0.3, 0.4) is 0 Å². The Hall–Kier alpha value is -1.90. The van der Waals surface area contributed by atoms with Crippen LogP contribution in [0.1, 0.15) is 12.7 Å². The summed E-state index contributed by atoms with van der Waals surface area (Å²) in [5, 5.41) is 3.28. The summed E-state index contributed by atoms with van der Waals surface area (Å²) in [6.45, 7) is 3.31. The predicted octanol–water partition coefficient (Wildman–Crippen LogP) is 3.29. The average Bonchev–Trinajstić information content (AvgIpc) is 2.81. The lowest BCUT2D eigenvalue weighted by molar-refractivity contribution is 0.341. The molecule has 0 radical (unpaired) electrons. The smallest absolute Gasteiger partial charge is 0.142 e. The molecule has 0 aliphatic heterocycles. The standard InChI is InChI=1S/C13H15NO2/c1-2-15-13-8-4-3-7-12(13)14-10-11-6-5-9-16-11/h3-9,14H,2,10H2,1H3. The Labute approximate surface area is 95.0 Å². The van der Waals surface area contributed by atoms with E-state index in [1.165, 1.54) is 0 Å². The molecular formula is C13H15NO2. The highest BCUT2D eigenvalue weighted by Gasteiger charge is 2.02. The monoisotopic (exact) mass is 217 g/mol. The first-order chi connectivity index (χ1) is 7.90. The van der Waals surface area contributed by atoms with Gasteiger partial charge in [0.25, 0.3) is 0 Å². The molecule has 0 unspecified atom stereocenters. The first-order valence-electron chi connectivity index (χ1n) is 5.38. The van der Waals surface area contributed by atoms with Crippen molar-refractivity contribution in [2.45, 2.75) is 13.5 Å². The van der Waals surface area contributed by atoms with Crippen LogP contribution < -0.4 is 10.1 Å². The number of nitrogens with one attached hydrogen (secondary N) is 1. The fraction of sp³-hybridized carbons (Fsp3) is 0.231. The molecule has 2 aromatic rings. The van der Waals surface area contributed by atoms with E-state index in [1.807, 2.05) is 43.3 Å². The minimum Gasteiger partial charge on any atom is -0.492 e. The first-order valence-corrected chi connectivity index (χ1v) is 5.38. The summed E-state index contributed by atoms with van der Waals surface area (Å²) < 4.78 is 10.8. The number of ether oxygens (including phenoxy) is 1. The van der Waals surface area contributed by atoms with Crippen LogP contribution in [-0.4, -0.2) is 6.61 Å². The van der Waals surface area contributed by atoms with Gasteiger partial charge in [-0.1, -0.05) is 12.1 Å². The molecule has 1 aromatic carbocycles. The van der Waals surface area contributed by atoms with E-state index in [0.717, 1.165) is 17.2 Å². The van der Waals surface area contributed by atoms with Crippen LogP contribution >= 0.6 is 0 Å². The highest BCUT2D eigenvalue weighted by molar-refractivity contribution is 5.56. The molecule has 0 amide bonds. The molecule has 0 fully saturated rings. The summed E-state index contributed by atoms with van der Waals surface area (Å²) in [6, 6.07) is 11.7. The van der Waals surface area contributed by atoms with Crippen molar-refractivity contribution < 1.29 is 9.15 Å². The number of hydrogen-bond acceptors (Lipinski definition) is 3. The maximum absolute atomic E-state index is 5.51. The van der Waals surface area contributed by atoms with Gasteiger partial charge in [-0.3, -0.25) is 0 Å². The minimum atomic E-state index is 0.664. The van der Waals surface area contributed by atoms with Crippen molar-refractivity contribution in [2.75, 3.05) is 11.9 Å². The number of para-hydroxylation sites is 2. The summed E-state index contributed by atoms with van der Waals surface area (Å²) in [7, 11) is 0. The van der Waals surface area contributed by atoms with Gasteiger partial charge < -0.3 is 14.5 Å². The van der Waals surface area contributed by atoms with Gasteiger partial charge in [-0.2, -0.15) is 0 Å². The molecule has 2 rings (SSSR count). The van der Waals surface area contributed by atoms with Crippen molar-refractivity contribution >= 4 is 5.69 Å². The van der Waals surface area contributed by atoms with E-state index >= 15 is 0 Å². The van der Waals surface area contributed by atoms with Gasteiger partial charge >= 0.3 is 0 Å². The Bertz CT molecular complexity index is 423. The Morgan fingerprint density at radius 3 is 2.81 bits per heavy atom. The minimum absolute atomic E-state index is 0.664. The Balaban J connectivity index is 2.03. The van der Waals surface area contributed by atoms with Gasteiger partial charge in [0.15, 0.2) is 0 Å². The van der Waals surface area contributed by atoms with Crippen LogP contribution in [0.15, 0.2) is 47.1 Å². The lowest BCUT2D eigenvalue weighted by Crippen LogP contribution is -2.01. The van der Waals surface area contributed by atoms with Crippen molar-refractivity contribution in [1.82, 2.24) is 0 Å². The molecule has 0 bridgehead atoms. The molecule has 0 aliphatic rings. The number of anilines is 1. The zero-order valence-corrected chi connectivity index (χ0v) is 9.27. The molecule has 16 heavy (non-hydrogen) atoms. The number of benzene rings is 1. The predicted molar refractivity (Wildman–Crippen MR) is 63.6 cm³/mol. The van der Waals surface area contributed by atoms with Crippen molar-refractivity contribution in [3.8, 4) is 5.75 Å². The molecule has 3 heteroatoms. The summed E-state index contributed by atoms with van der Waals surface area (Å²) >= 11 is 0. The molecule has 1 N–H and O–H groups in total. The van der Waals surface area contributed by atoms with Crippen LogP contribution in [0.2, 0.25) is 0 Å². The van der Waals surface area contributed by atoms with Gasteiger partial charge in [0.1, 0.15) is 11.5 Å². The van der Waals surface area contributed by atoms with Crippen molar-refractivity contribution in [2.24, 2.45) is 0 Å². The molecule has 3 nitrogen and oxygen atoms in total. The summed E-state index contributed by atoms with van der Waals surface area (Å²) in [6.07, 6.45) is 1.67. The van der Waals surface area contributed by atoms with E-state index in [-0.39, 0.29) is 0 Å². The Kier molecular flexibility index (Phi) is 3.49. The summed E-state index contributed by atoms with van der Waals surface area (Å²) in [5.41, 5.74) is 0.987. The quantitative estimate of drug-likeness (QED) is 0.834. The van der Waals surface area contributed by atoms with Gasteiger partial charge in [0, 0.05) is 0 Å². The maximum Gasteiger partial charge on any atom is 0.142 e. The van der Waals surface area contributed by atoms with Gasteiger partial charge in [-0.05, 0) is 31.2 Å². The van der Waals surface area contributed by atoms with E-state index in [4.69, 9.17) is 9.15 Å². The van der Waals surface area contributed by atoms with Crippen LogP contribution in [0.5, 0.6) is 5.75 Å². The second-order valence-electron chi connectivity index (χ2n) is 3.36. The van der Waals surface area contributed by atoms with E-state index in [1.54, 1.807) is 6.26 Å². The third kappa shape index (κ3) is 2.57. The van der Waals surface area contributed by atoms with Gasteiger partial charge in [-0.15, -0.1) is 0 Å². The SMILES string of the molecule is CCOc1ccccc1NCc1ccco1. The highest BCUT2D eigenvalue weighted by Crippen LogP contribution is 2.24. The van der Waals surface area contributed by atoms with E-state index in [9.17, 15) is 0 Å². The largest absolute Gasteiger partial charge is 0.492 e. The van der Waals surface area contributed by atoms with Crippen molar-refractivity contribution in [3.63, 3.8) is 0 Å². The second-order valence-corrected chi connectivity index (χ2v) is 3.36. The molecule has 1 aromatic heterocycles. The van der Waals surface area contributed by atoms with Crippen LogP contribution in [0, 0.1) is 0 Å². The zero-order valence-electron chi connectivity index (χ0n) is 9.27. The lowest BCUT2D eigenvalue weighted by atomic mass is 10.3. The zero-order chi connectivity index (χ0) is 11.2.